The van der Waals surface area contributed by atoms with Gasteiger partial charge < -0.3 is 4.90 Å². The highest BCUT2D eigenvalue weighted by molar-refractivity contribution is 5.50. The van der Waals surface area contributed by atoms with E-state index in [2.05, 4.69) is 79.8 Å². The molecule has 1 radical (unpaired) electrons. The molecule has 0 bridgehead atoms. The zero-order valence-corrected chi connectivity index (χ0v) is 14.4. The van der Waals surface area contributed by atoms with Gasteiger partial charge in [0.25, 0.3) is 0 Å². The molecule has 2 aromatic carbocycles. The SMILES string of the molecule is CCC([CH]CN(c1ccccc1)C1Cc2ccccc2C1)CC. The number of rotatable bonds is 7. The van der Waals surface area contributed by atoms with Crippen molar-refractivity contribution in [3.05, 3.63) is 72.1 Å². The van der Waals surface area contributed by atoms with Crippen molar-refractivity contribution in [1.29, 1.82) is 0 Å². The number of benzene rings is 2. The van der Waals surface area contributed by atoms with E-state index in [0.29, 0.717) is 6.04 Å². The van der Waals surface area contributed by atoms with E-state index in [9.17, 15) is 0 Å². The van der Waals surface area contributed by atoms with E-state index in [4.69, 9.17) is 0 Å². The second kappa shape index (κ2) is 7.68. The Balaban J connectivity index is 1.76. The molecule has 23 heavy (non-hydrogen) atoms. The van der Waals surface area contributed by atoms with Crippen LogP contribution in [-0.2, 0) is 12.8 Å². The minimum atomic E-state index is 0.584. The van der Waals surface area contributed by atoms with Gasteiger partial charge in [0.1, 0.15) is 0 Å². The van der Waals surface area contributed by atoms with Gasteiger partial charge in [-0.25, -0.2) is 0 Å². The van der Waals surface area contributed by atoms with Gasteiger partial charge in [-0.1, -0.05) is 69.2 Å². The molecule has 121 valence electrons. The van der Waals surface area contributed by atoms with Gasteiger partial charge in [-0.2, -0.15) is 0 Å². The summed E-state index contributed by atoms with van der Waals surface area (Å²) < 4.78 is 0. The maximum absolute atomic E-state index is 2.61. The summed E-state index contributed by atoms with van der Waals surface area (Å²) in [5, 5.41) is 0. The summed E-state index contributed by atoms with van der Waals surface area (Å²) in [5.74, 6) is 0.727. The first-order chi connectivity index (χ1) is 11.3. The summed E-state index contributed by atoms with van der Waals surface area (Å²) in [5.41, 5.74) is 4.41. The lowest BCUT2D eigenvalue weighted by atomic mass is 9.98. The molecular formula is C22H28N. The fraction of sp³-hybridized carbons (Fsp3) is 0.409. The van der Waals surface area contributed by atoms with Crippen molar-refractivity contribution < 1.29 is 0 Å². The molecule has 0 aromatic heterocycles. The average Bonchev–Trinajstić information content (AvgIpc) is 3.03. The largest absolute Gasteiger partial charge is 0.368 e. The minimum Gasteiger partial charge on any atom is -0.368 e. The third-order valence-corrected chi connectivity index (χ3v) is 5.24. The van der Waals surface area contributed by atoms with Gasteiger partial charge in [-0.05, 0) is 48.4 Å². The zero-order chi connectivity index (χ0) is 16.1. The smallest absolute Gasteiger partial charge is 0.0370 e. The van der Waals surface area contributed by atoms with Gasteiger partial charge in [0.15, 0.2) is 0 Å². The predicted molar refractivity (Wildman–Crippen MR) is 99.8 cm³/mol. The topological polar surface area (TPSA) is 3.24 Å². The molecule has 1 aliphatic rings. The monoisotopic (exact) mass is 306 g/mol. The van der Waals surface area contributed by atoms with Crippen LogP contribution in [0, 0.1) is 12.3 Å². The summed E-state index contributed by atoms with van der Waals surface area (Å²) >= 11 is 0. The van der Waals surface area contributed by atoms with E-state index < -0.39 is 0 Å². The van der Waals surface area contributed by atoms with Crippen LogP contribution in [0.25, 0.3) is 0 Å². The van der Waals surface area contributed by atoms with Gasteiger partial charge in [0.2, 0.25) is 0 Å². The van der Waals surface area contributed by atoms with Crippen LogP contribution in [-0.4, -0.2) is 12.6 Å². The Morgan fingerprint density at radius 1 is 0.913 bits per heavy atom. The average molecular weight is 306 g/mol. The fourth-order valence-corrected chi connectivity index (χ4v) is 3.73. The molecular weight excluding hydrogens is 278 g/mol. The highest BCUT2D eigenvalue weighted by atomic mass is 15.2. The molecule has 0 unspecified atom stereocenters. The molecule has 0 fully saturated rings. The molecule has 3 rings (SSSR count). The quantitative estimate of drug-likeness (QED) is 0.671. The Bertz CT molecular complexity index is 575. The molecule has 0 spiro atoms. The number of hydrogen-bond acceptors (Lipinski definition) is 1. The maximum atomic E-state index is 2.61. The molecule has 0 atom stereocenters. The number of anilines is 1. The van der Waals surface area contributed by atoms with E-state index in [0.717, 1.165) is 12.5 Å². The Morgan fingerprint density at radius 2 is 1.48 bits per heavy atom. The Morgan fingerprint density at radius 3 is 2.04 bits per heavy atom. The molecule has 1 aliphatic carbocycles. The van der Waals surface area contributed by atoms with Crippen molar-refractivity contribution in [3.8, 4) is 0 Å². The van der Waals surface area contributed by atoms with Crippen LogP contribution in [0.2, 0.25) is 0 Å². The summed E-state index contributed by atoms with van der Waals surface area (Å²) in [6, 6.07) is 20.4. The molecule has 0 saturated heterocycles. The van der Waals surface area contributed by atoms with Crippen LogP contribution < -0.4 is 4.90 Å². The van der Waals surface area contributed by atoms with Crippen LogP contribution in [0.1, 0.15) is 37.8 Å². The number of fused-ring (bicyclic) bond motifs is 1. The highest BCUT2D eigenvalue weighted by Gasteiger charge is 2.27. The Kier molecular flexibility index (Phi) is 5.38. The minimum absolute atomic E-state index is 0.584. The van der Waals surface area contributed by atoms with Gasteiger partial charge in [0, 0.05) is 18.3 Å². The molecule has 1 heteroatoms. The lowest BCUT2D eigenvalue weighted by molar-refractivity contribution is 0.532. The third-order valence-electron chi connectivity index (χ3n) is 5.24. The first-order valence-corrected chi connectivity index (χ1v) is 9.03. The van der Waals surface area contributed by atoms with Crippen molar-refractivity contribution in [2.45, 2.75) is 45.6 Å². The van der Waals surface area contributed by atoms with Gasteiger partial charge in [0.05, 0.1) is 0 Å². The molecule has 0 aliphatic heterocycles. The fourth-order valence-electron chi connectivity index (χ4n) is 3.73. The zero-order valence-electron chi connectivity index (χ0n) is 14.4. The van der Waals surface area contributed by atoms with Crippen molar-refractivity contribution in [1.82, 2.24) is 0 Å². The summed E-state index contributed by atoms with van der Waals surface area (Å²) in [6.45, 7) is 5.64. The van der Waals surface area contributed by atoms with Crippen LogP contribution in [0.15, 0.2) is 54.6 Å². The second-order valence-corrected chi connectivity index (χ2v) is 6.63. The summed E-state index contributed by atoms with van der Waals surface area (Å²) in [7, 11) is 0. The number of hydrogen-bond donors (Lipinski definition) is 0. The van der Waals surface area contributed by atoms with Crippen molar-refractivity contribution in [2.75, 3.05) is 11.4 Å². The predicted octanol–water partition coefficient (Wildman–Crippen LogP) is 5.30. The lowest BCUT2D eigenvalue weighted by Gasteiger charge is -2.32. The molecule has 2 aromatic rings. The van der Waals surface area contributed by atoms with Crippen LogP contribution >= 0.6 is 0 Å². The lowest BCUT2D eigenvalue weighted by Crippen LogP contribution is -2.37. The summed E-state index contributed by atoms with van der Waals surface area (Å²) in [6.07, 6.45) is 7.34. The molecule has 1 nitrogen and oxygen atoms in total. The number of nitrogens with zero attached hydrogens (tertiary/aromatic N) is 1. The van der Waals surface area contributed by atoms with Gasteiger partial charge in [-0.3, -0.25) is 0 Å². The maximum Gasteiger partial charge on any atom is 0.0370 e. The van der Waals surface area contributed by atoms with E-state index in [-0.39, 0.29) is 0 Å². The normalized spacial score (nSPS) is 14.2. The second-order valence-electron chi connectivity index (χ2n) is 6.63. The van der Waals surface area contributed by atoms with Crippen molar-refractivity contribution in [3.63, 3.8) is 0 Å². The highest BCUT2D eigenvalue weighted by Crippen LogP contribution is 2.29. The van der Waals surface area contributed by atoms with E-state index in [1.807, 2.05) is 0 Å². The first kappa shape index (κ1) is 16.1. The van der Waals surface area contributed by atoms with Crippen molar-refractivity contribution in [2.24, 2.45) is 5.92 Å². The molecule has 0 amide bonds. The van der Waals surface area contributed by atoms with E-state index in [1.54, 1.807) is 0 Å². The van der Waals surface area contributed by atoms with E-state index >= 15 is 0 Å². The van der Waals surface area contributed by atoms with Crippen LogP contribution in [0.3, 0.4) is 0 Å². The molecule has 0 saturated carbocycles. The third kappa shape index (κ3) is 3.77. The first-order valence-electron chi connectivity index (χ1n) is 9.03. The molecule has 0 heterocycles. The standard InChI is InChI=1S/C22H28N/c1-3-18(4-2)14-15-23(21-12-6-5-7-13-21)22-16-19-10-8-9-11-20(19)17-22/h5-14,18,22H,3-4,15-17H2,1-2H3. The van der Waals surface area contributed by atoms with Crippen LogP contribution in [0.4, 0.5) is 5.69 Å². The van der Waals surface area contributed by atoms with E-state index in [1.165, 1.54) is 42.5 Å². The van der Waals surface area contributed by atoms with Gasteiger partial charge >= 0.3 is 0 Å². The molecule has 0 N–H and O–H groups in total. The van der Waals surface area contributed by atoms with Gasteiger partial charge in [-0.15, -0.1) is 0 Å². The Labute approximate surface area is 141 Å². The Hall–Kier alpha value is -1.76. The summed E-state index contributed by atoms with van der Waals surface area (Å²) in [4.78, 5) is 2.61. The van der Waals surface area contributed by atoms with Crippen molar-refractivity contribution >= 4 is 5.69 Å². The number of para-hydroxylation sites is 1. The van der Waals surface area contributed by atoms with Crippen LogP contribution in [0.5, 0.6) is 0 Å².